The number of halogens is 1. The van der Waals surface area contributed by atoms with Gasteiger partial charge in [0.2, 0.25) is 0 Å². The van der Waals surface area contributed by atoms with E-state index in [1.807, 2.05) is 32.0 Å². The quantitative estimate of drug-likeness (QED) is 0.665. The summed E-state index contributed by atoms with van der Waals surface area (Å²) in [6.07, 6.45) is 0. The van der Waals surface area contributed by atoms with E-state index in [1.54, 1.807) is 6.07 Å². The lowest BCUT2D eigenvalue weighted by atomic mass is 9.95. The number of ether oxygens (including phenoxy) is 4. The van der Waals surface area contributed by atoms with E-state index >= 15 is 0 Å². The molecule has 2 aromatic carbocycles. The third-order valence-electron chi connectivity index (χ3n) is 4.45. The summed E-state index contributed by atoms with van der Waals surface area (Å²) in [5, 5.41) is 2.86. The highest BCUT2D eigenvalue weighted by molar-refractivity contribution is 5.81. The predicted molar refractivity (Wildman–Crippen MR) is 106 cm³/mol. The fourth-order valence-corrected chi connectivity index (χ4v) is 2.99. The fraction of sp³-hybridized carbons (Fsp3) is 0.364. The van der Waals surface area contributed by atoms with Crippen LogP contribution in [0, 0.1) is 11.7 Å². The van der Waals surface area contributed by atoms with E-state index in [0.717, 1.165) is 5.56 Å². The lowest BCUT2D eigenvalue weighted by molar-refractivity contribution is -0.150. The van der Waals surface area contributed by atoms with E-state index < -0.39 is 30.9 Å². The van der Waals surface area contributed by atoms with Crippen molar-refractivity contribution in [3.8, 4) is 17.2 Å². The number of hydrogen-bond acceptors (Lipinski definition) is 6. The Morgan fingerprint density at radius 2 is 1.80 bits per heavy atom. The van der Waals surface area contributed by atoms with Crippen LogP contribution >= 0.6 is 0 Å². The lowest BCUT2D eigenvalue weighted by Crippen LogP contribution is -2.35. The molecule has 1 aliphatic rings. The molecule has 0 bridgehead atoms. The van der Waals surface area contributed by atoms with E-state index in [4.69, 9.17) is 18.9 Å². The Hall–Kier alpha value is -3.29. The first-order chi connectivity index (χ1) is 14.4. The number of para-hydroxylation sites is 1. The first-order valence-electron chi connectivity index (χ1n) is 9.66. The number of amides is 1. The summed E-state index contributed by atoms with van der Waals surface area (Å²) in [5.41, 5.74) is 0.858. The van der Waals surface area contributed by atoms with Gasteiger partial charge in [-0.3, -0.25) is 4.79 Å². The van der Waals surface area contributed by atoms with E-state index in [9.17, 15) is 14.0 Å². The second kappa shape index (κ2) is 9.96. The van der Waals surface area contributed by atoms with Gasteiger partial charge in [-0.15, -0.1) is 0 Å². The Kier molecular flexibility index (Phi) is 7.11. The monoisotopic (exact) mass is 417 g/mol. The first kappa shape index (κ1) is 21.4. The van der Waals surface area contributed by atoms with Crippen LogP contribution in [0.4, 0.5) is 4.39 Å². The van der Waals surface area contributed by atoms with Crippen molar-refractivity contribution in [3.63, 3.8) is 0 Å². The van der Waals surface area contributed by atoms with Crippen LogP contribution in [-0.2, 0) is 14.3 Å². The number of carbonyl (C=O) groups is 2. The van der Waals surface area contributed by atoms with Crippen LogP contribution in [0.3, 0.4) is 0 Å². The number of esters is 1. The SMILES string of the molecule is CC(C)[C@H](NC(=O)COC(=O)COc1ccccc1F)c1ccc2c(c1)OCCO2. The summed E-state index contributed by atoms with van der Waals surface area (Å²) in [7, 11) is 0. The molecule has 160 valence electrons. The largest absolute Gasteiger partial charge is 0.486 e. The maximum absolute atomic E-state index is 13.5. The van der Waals surface area contributed by atoms with Crippen molar-refractivity contribution < 1.29 is 32.9 Å². The third-order valence-corrected chi connectivity index (χ3v) is 4.45. The minimum atomic E-state index is -0.770. The van der Waals surface area contributed by atoms with Crippen molar-refractivity contribution in [2.45, 2.75) is 19.9 Å². The predicted octanol–water partition coefficient (Wildman–Crippen LogP) is 3.03. The summed E-state index contributed by atoms with van der Waals surface area (Å²) in [6.45, 7) is 3.95. The Balaban J connectivity index is 1.52. The average Bonchev–Trinajstić information content (AvgIpc) is 2.75. The van der Waals surface area contributed by atoms with Gasteiger partial charge in [-0.1, -0.05) is 32.0 Å². The summed E-state index contributed by atoms with van der Waals surface area (Å²) >= 11 is 0. The van der Waals surface area contributed by atoms with E-state index in [2.05, 4.69) is 5.32 Å². The van der Waals surface area contributed by atoms with Gasteiger partial charge in [0.1, 0.15) is 13.2 Å². The smallest absolute Gasteiger partial charge is 0.344 e. The Bertz CT molecular complexity index is 901. The Morgan fingerprint density at radius 3 is 2.53 bits per heavy atom. The molecule has 0 saturated heterocycles. The molecule has 0 aromatic heterocycles. The van der Waals surface area contributed by atoms with Crippen LogP contribution in [0.1, 0.15) is 25.5 Å². The first-order valence-corrected chi connectivity index (χ1v) is 9.66. The van der Waals surface area contributed by atoms with Gasteiger partial charge >= 0.3 is 5.97 Å². The van der Waals surface area contributed by atoms with Gasteiger partial charge in [-0.2, -0.15) is 0 Å². The molecule has 0 spiro atoms. The number of hydrogen-bond donors (Lipinski definition) is 1. The van der Waals surface area contributed by atoms with Crippen LogP contribution in [0.2, 0.25) is 0 Å². The molecule has 1 aliphatic heterocycles. The molecule has 7 nitrogen and oxygen atoms in total. The average molecular weight is 417 g/mol. The van der Waals surface area contributed by atoms with Crippen molar-refractivity contribution in [3.05, 3.63) is 53.8 Å². The molecule has 1 N–H and O–H groups in total. The van der Waals surface area contributed by atoms with Crippen LogP contribution in [0.15, 0.2) is 42.5 Å². The molecular formula is C22H24FNO6. The van der Waals surface area contributed by atoms with Crippen LogP contribution in [0.25, 0.3) is 0 Å². The third kappa shape index (κ3) is 5.62. The number of nitrogens with one attached hydrogen (secondary N) is 1. The van der Waals surface area contributed by atoms with Gasteiger partial charge in [-0.25, -0.2) is 9.18 Å². The maximum Gasteiger partial charge on any atom is 0.344 e. The highest BCUT2D eigenvalue weighted by Gasteiger charge is 2.22. The normalized spacial score (nSPS) is 13.5. The highest BCUT2D eigenvalue weighted by Crippen LogP contribution is 2.34. The molecule has 2 aromatic rings. The zero-order valence-corrected chi connectivity index (χ0v) is 16.9. The van der Waals surface area contributed by atoms with Crippen molar-refractivity contribution in [1.29, 1.82) is 0 Å². The molecule has 0 fully saturated rings. The standard InChI is InChI=1S/C22H24FNO6/c1-14(2)22(15-7-8-18-19(11-15)28-10-9-27-18)24-20(25)12-30-21(26)13-29-17-6-4-3-5-16(17)23/h3-8,11,14,22H,9-10,12-13H2,1-2H3,(H,24,25)/t22-/m0/s1. The zero-order valence-electron chi connectivity index (χ0n) is 16.9. The number of carbonyl (C=O) groups excluding carboxylic acids is 2. The number of benzene rings is 2. The van der Waals surface area contributed by atoms with Gasteiger partial charge in [0, 0.05) is 0 Å². The Morgan fingerprint density at radius 1 is 1.07 bits per heavy atom. The molecule has 1 heterocycles. The zero-order chi connectivity index (χ0) is 21.5. The second-order valence-electron chi connectivity index (χ2n) is 7.07. The van der Waals surface area contributed by atoms with Crippen molar-refractivity contribution >= 4 is 11.9 Å². The molecule has 1 atom stereocenters. The highest BCUT2D eigenvalue weighted by atomic mass is 19.1. The van der Waals surface area contributed by atoms with E-state index in [0.29, 0.717) is 24.7 Å². The maximum atomic E-state index is 13.5. The molecule has 3 rings (SSSR count). The minimum Gasteiger partial charge on any atom is -0.486 e. The molecule has 0 radical (unpaired) electrons. The minimum absolute atomic E-state index is 0.0580. The van der Waals surface area contributed by atoms with Crippen LogP contribution in [0.5, 0.6) is 17.2 Å². The van der Waals surface area contributed by atoms with Gasteiger partial charge in [0.25, 0.3) is 5.91 Å². The van der Waals surface area contributed by atoms with E-state index in [-0.39, 0.29) is 17.7 Å². The van der Waals surface area contributed by atoms with Gasteiger partial charge in [0.05, 0.1) is 6.04 Å². The van der Waals surface area contributed by atoms with Crippen molar-refractivity contribution in [2.24, 2.45) is 5.92 Å². The Labute approximate surface area is 174 Å². The number of fused-ring (bicyclic) bond motifs is 1. The lowest BCUT2D eigenvalue weighted by Gasteiger charge is -2.25. The summed E-state index contributed by atoms with van der Waals surface area (Å²) in [5.74, 6) is -0.481. The van der Waals surface area contributed by atoms with Crippen molar-refractivity contribution in [2.75, 3.05) is 26.4 Å². The van der Waals surface area contributed by atoms with Gasteiger partial charge in [-0.05, 0) is 35.7 Å². The van der Waals surface area contributed by atoms with Gasteiger partial charge < -0.3 is 24.3 Å². The molecule has 30 heavy (non-hydrogen) atoms. The molecular weight excluding hydrogens is 393 g/mol. The second-order valence-corrected chi connectivity index (χ2v) is 7.07. The topological polar surface area (TPSA) is 83.1 Å². The molecule has 0 aliphatic carbocycles. The van der Waals surface area contributed by atoms with E-state index in [1.165, 1.54) is 18.2 Å². The molecule has 0 saturated carbocycles. The summed E-state index contributed by atoms with van der Waals surface area (Å²) < 4.78 is 34.6. The van der Waals surface area contributed by atoms with Gasteiger partial charge in [0.15, 0.2) is 36.3 Å². The molecule has 8 heteroatoms. The number of rotatable bonds is 8. The van der Waals surface area contributed by atoms with Crippen molar-refractivity contribution in [1.82, 2.24) is 5.32 Å². The van der Waals surface area contributed by atoms with Crippen LogP contribution in [-0.4, -0.2) is 38.3 Å². The summed E-state index contributed by atoms with van der Waals surface area (Å²) in [4.78, 5) is 24.1. The summed E-state index contributed by atoms with van der Waals surface area (Å²) in [6, 6.07) is 10.9. The molecule has 1 amide bonds. The fourth-order valence-electron chi connectivity index (χ4n) is 2.99. The molecule has 0 unspecified atom stereocenters. The van der Waals surface area contributed by atoms with Crippen LogP contribution < -0.4 is 19.5 Å².